The average molecular weight is 409 g/mol. The largest absolute Gasteiger partial charge is 0.337 e. The van der Waals surface area contributed by atoms with Crippen LogP contribution in [0.25, 0.3) is 22.4 Å². The summed E-state index contributed by atoms with van der Waals surface area (Å²) in [6, 6.07) is 15.6. The van der Waals surface area contributed by atoms with E-state index in [0.717, 1.165) is 5.56 Å². The van der Waals surface area contributed by atoms with E-state index in [-0.39, 0.29) is 16.6 Å². The van der Waals surface area contributed by atoms with Crippen LogP contribution in [-0.4, -0.2) is 18.6 Å². The van der Waals surface area contributed by atoms with Crippen LogP contribution in [0.1, 0.15) is 5.56 Å². The first-order chi connectivity index (χ1) is 13.9. The molecule has 0 radical (unpaired) electrons. The second kappa shape index (κ2) is 7.48. The second-order valence-corrected chi connectivity index (χ2v) is 8.08. The number of pyridine rings is 1. The van der Waals surface area contributed by atoms with Gasteiger partial charge in [-0.25, -0.2) is 17.5 Å². The molecule has 29 heavy (non-hydrogen) atoms. The third-order valence-corrected chi connectivity index (χ3v) is 5.68. The maximum Gasteiger partial charge on any atom is 0.264 e. The molecule has 8 heteroatoms. The molecule has 0 atom stereocenters. The first-order valence-corrected chi connectivity index (χ1v) is 10.2. The Morgan fingerprint density at radius 1 is 0.897 bits per heavy atom. The standard InChI is InChI=1S/C21H16FN3O3S/c1-14-2-8-18(9-3-14)29(26,27)25-21-19(15-10-12-23-13-11-15)20(24-28-21)16-4-6-17(22)7-5-16/h2-13,25H,1H3. The predicted molar refractivity (Wildman–Crippen MR) is 107 cm³/mol. The van der Waals surface area contributed by atoms with Gasteiger partial charge in [0.1, 0.15) is 11.5 Å². The lowest BCUT2D eigenvalue weighted by Crippen LogP contribution is -2.13. The lowest BCUT2D eigenvalue weighted by Gasteiger charge is -2.08. The fourth-order valence-corrected chi connectivity index (χ4v) is 3.84. The maximum atomic E-state index is 13.3. The van der Waals surface area contributed by atoms with Crippen molar-refractivity contribution in [3.8, 4) is 22.4 Å². The number of nitrogens with zero attached hydrogens (tertiary/aromatic N) is 2. The summed E-state index contributed by atoms with van der Waals surface area (Å²) in [5.74, 6) is -0.417. The topological polar surface area (TPSA) is 85.1 Å². The molecule has 0 aliphatic heterocycles. The van der Waals surface area contributed by atoms with Gasteiger partial charge in [-0.2, -0.15) is 0 Å². The van der Waals surface area contributed by atoms with Crippen LogP contribution in [-0.2, 0) is 10.0 Å². The fourth-order valence-electron chi connectivity index (χ4n) is 2.85. The van der Waals surface area contributed by atoms with E-state index in [4.69, 9.17) is 4.52 Å². The van der Waals surface area contributed by atoms with Gasteiger partial charge in [0.2, 0.25) is 5.88 Å². The van der Waals surface area contributed by atoms with Gasteiger partial charge in [-0.1, -0.05) is 22.9 Å². The number of halogens is 1. The Labute approximate surface area is 167 Å². The number of nitrogens with one attached hydrogen (secondary N) is 1. The lowest BCUT2D eigenvalue weighted by molar-refractivity contribution is 0.438. The van der Waals surface area contributed by atoms with E-state index >= 15 is 0 Å². The Morgan fingerprint density at radius 2 is 1.55 bits per heavy atom. The van der Waals surface area contributed by atoms with Crippen LogP contribution in [0.2, 0.25) is 0 Å². The normalized spacial score (nSPS) is 11.4. The van der Waals surface area contributed by atoms with E-state index in [1.165, 1.54) is 24.3 Å². The Kier molecular flexibility index (Phi) is 4.85. The zero-order chi connectivity index (χ0) is 20.4. The van der Waals surface area contributed by atoms with E-state index < -0.39 is 10.0 Å². The number of aryl methyl sites for hydroxylation is 1. The monoisotopic (exact) mass is 409 g/mol. The van der Waals surface area contributed by atoms with Crippen molar-refractivity contribution >= 4 is 15.9 Å². The summed E-state index contributed by atoms with van der Waals surface area (Å²) in [6.07, 6.45) is 3.16. The highest BCUT2D eigenvalue weighted by Crippen LogP contribution is 2.38. The Bertz CT molecular complexity index is 1240. The van der Waals surface area contributed by atoms with Crippen molar-refractivity contribution in [2.24, 2.45) is 0 Å². The van der Waals surface area contributed by atoms with E-state index in [1.807, 2.05) is 6.92 Å². The van der Waals surface area contributed by atoms with Gasteiger partial charge in [0.15, 0.2) is 0 Å². The minimum atomic E-state index is -3.90. The number of hydrogen-bond donors (Lipinski definition) is 1. The molecule has 0 saturated carbocycles. The average Bonchev–Trinajstić information content (AvgIpc) is 3.12. The van der Waals surface area contributed by atoms with Gasteiger partial charge in [-0.05, 0) is 61.0 Å². The SMILES string of the molecule is Cc1ccc(S(=O)(=O)Nc2onc(-c3ccc(F)cc3)c2-c2ccncc2)cc1. The summed E-state index contributed by atoms with van der Waals surface area (Å²) < 4.78 is 46.8. The minimum absolute atomic E-state index is 0.0314. The van der Waals surface area contributed by atoms with Crippen LogP contribution in [0.15, 0.2) is 82.5 Å². The third-order valence-electron chi connectivity index (χ3n) is 4.34. The molecule has 6 nitrogen and oxygen atoms in total. The number of aromatic nitrogens is 2. The van der Waals surface area contributed by atoms with Crippen molar-refractivity contribution in [2.45, 2.75) is 11.8 Å². The fraction of sp³-hybridized carbons (Fsp3) is 0.0476. The number of hydrogen-bond acceptors (Lipinski definition) is 5. The quantitative estimate of drug-likeness (QED) is 0.519. The molecule has 0 bridgehead atoms. The molecule has 0 unspecified atom stereocenters. The summed E-state index contributed by atoms with van der Waals surface area (Å²) in [4.78, 5) is 4.09. The molecule has 2 heterocycles. The zero-order valence-electron chi connectivity index (χ0n) is 15.3. The van der Waals surface area contributed by atoms with Crippen molar-refractivity contribution in [3.63, 3.8) is 0 Å². The highest BCUT2D eigenvalue weighted by Gasteiger charge is 2.24. The zero-order valence-corrected chi connectivity index (χ0v) is 16.2. The highest BCUT2D eigenvalue weighted by atomic mass is 32.2. The van der Waals surface area contributed by atoms with Crippen molar-refractivity contribution in [3.05, 3.63) is 84.4 Å². The smallest absolute Gasteiger partial charge is 0.264 e. The molecular formula is C21H16FN3O3S. The number of benzene rings is 2. The molecule has 4 aromatic rings. The second-order valence-electron chi connectivity index (χ2n) is 6.40. The molecule has 0 spiro atoms. The molecule has 2 aromatic carbocycles. The summed E-state index contributed by atoms with van der Waals surface area (Å²) in [5, 5.41) is 4.04. The molecule has 146 valence electrons. The number of anilines is 1. The van der Waals surface area contributed by atoms with Crippen molar-refractivity contribution in [1.29, 1.82) is 0 Å². The Balaban J connectivity index is 1.81. The summed E-state index contributed by atoms with van der Waals surface area (Å²) >= 11 is 0. The summed E-state index contributed by atoms with van der Waals surface area (Å²) in [6.45, 7) is 1.87. The number of rotatable bonds is 5. The third kappa shape index (κ3) is 3.88. The number of sulfonamides is 1. The van der Waals surface area contributed by atoms with Gasteiger partial charge < -0.3 is 4.52 Å². The van der Waals surface area contributed by atoms with Gasteiger partial charge in [-0.15, -0.1) is 0 Å². The van der Waals surface area contributed by atoms with Crippen molar-refractivity contribution < 1.29 is 17.3 Å². The molecule has 4 rings (SSSR count). The lowest BCUT2D eigenvalue weighted by atomic mass is 10.0. The molecular weight excluding hydrogens is 393 g/mol. The van der Waals surface area contributed by atoms with Gasteiger partial charge in [0.25, 0.3) is 10.0 Å². The van der Waals surface area contributed by atoms with Gasteiger partial charge >= 0.3 is 0 Å². The van der Waals surface area contributed by atoms with Crippen LogP contribution in [0.4, 0.5) is 10.3 Å². The van der Waals surface area contributed by atoms with Crippen LogP contribution >= 0.6 is 0 Å². The predicted octanol–water partition coefficient (Wildman–Crippen LogP) is 4.65. The Morgan fingerprint density at radius 3 is 2.21 bits per heavy atom. The van der Waals surface area contributed by atoms with Gasteiger partial charge in [0, 0.05) is 18.0 Å². The Hall–Kier alpha value is -3.52. The van der Waals surface area contributed by atoms with Crippen molar-refractivity contribution in [1.82, 2.24) is 10.1 Å². The first-order valence-electron chi connectivity index (χ1n) is 8.69. The molecule has 2 aromatic heterocycles. The van der Waals surface area contributed by atoms with Crippen molar-refractivity contribution in [2.75, 3.05) is 4.72 Å². The highest BCUT2D eigenvalue weighted by molar-refractivity contribution is 7.92. The van der Waals surface area contributed by atoms with Gasteiger partial charge in [0.05, 0.1) is 10.5 Å². The molecule has 0 saturated heterocycles. The van der Waals surface area contributed by atoms with Crippen LogP contribution < -0.4 is 4.72 Å². The van der Waals surface area contributed by atoms with E-state index in [0.29, 0.717) is 22.4 Å². The molecule has 0 amide bonds. The molecule has 0 aliphatic carbocycles. The minimum Gasteiger partial charge on any atom is -0.337 e. The van der Waals surface area contributed by atoms with Crippen LogP contribution in [0, 0.1) is 12.7 Å². The van der Waals surface area contributed by atoms with E-state index in [9.17, 15) is 12.8 Å². The van der Waals surface area contributed by atoms with Crippen LogP contribution in [0.3, 0.4) is 0 Å². The van der Waals surface area contributed by atoms with Crippen LogP contribution in [0.5, 0.6) is 0 Å². The van der Waals surface area contributed by atoms with E-state index in [1.54, 1.807) is 48.8 Å². The summed E-state index contributed by atoms with van der Waals surface area (Å²) in [7, 11) is -3.90. The first kappa shape index (κ1) is 18.8. The summed E-state index contributed by atoms with van der Waals surface area (Å²) in [5.41, 5.74) is 3.01. The van der Waals surface area contributed by atoms with Gasteiger partial charge in [-0.3, -0.25) is 4.98 Å². The maximum absolute atomic E-state index is 13.3. The molecule has 1 N–H and O–H groups in total. The van der Waals surface area contributed by atoms with E-state index in [2.05, 4.69) is 14.9 Å². The molecule has 0 fully saturated rings. The molecule has 0 aliphatic rings.